The Hall–Kier alpha value is 0.420. The van der Waals surface area contributed by atoms with Crippen LogP contribution >= 0.6 is 47.8 Å². The van der Waals surface area contributed by atoms with Gasteiger partial charge in [0.15, 0.2) is 0 Å². The van der Waals surface area contributed by atoms with Crippen molar-refractivity contribution in [2.24, 2.45) is 5.92 Å². The van der Waals surface area contributed by atoms with Gasteiger partial charge in [-0.25, -0.2) is 0 Å². The van der Waals surface area contributed by atoms with Crippen molar-refractivity contribution in [2.45, 2.75) is 31.8 Å². The highest BCUT2D eigenvalue weighted by atomic mass is 79.9. The Bertz CT molecular complexity index is 394. The van der Waals surface area contributed by atoms with Gasteiger partial charge in [-0.15, -0.1) is 0 Å². The van der Waals surface area contributed by atoms with E-state index in [-0.39, 0.29) is 6.10 Å². The van der Waals surface area contributed by atoms with Crippen molar-refractivity contribution in [3.05, 3.63) is 25.6 Å². The van der Waals surface area contributed by atoms with Crippen LogP contribution in [0.5, 0.6) is 5.75 Å². The van der Waals surface area contributed by atoms with E-state index in [4.69, 9.17) is 4.74 Å². The molecule has 1 atom stereocenters. The van der Waals surface area contributed by atoms with Crippen LogP contribution in [-0.2, 0) is 0 Å². The molecule has 0 radical (unpaired) electrons. The SMILES string of the molecule is OC(COc1c(Br)cc(Br)cc1Br)C1CCCC1. The van der Waals surface area contributed by atoms with Gasteiger partial charge >= 0.3 is 0 Å². The molecule has 0 heterocycles. The lowest BCUT2D eigenvalue weighted by Gasteiger charge is -2.19. The molecule has 1 aromatic rings. The number of aliphatic hydroxyl groups excluding tert-OH is 1. The van der Waals surface area contributed by atoms with Crippen LogP contribution < -0.4 is 4.74 Å². The molecule has 2 rings (SSSR count). The van der Waals surface area contributed by atoms with Gasteiger partial charge in [-0.2, -0.15) is 0 Å². The van der Waals surface area contributed by atoms with Gasteiger partial charge in [0.1, 0.15) is 12.4 Å². The first kappa shape index (κ1) is 14.8. The van der Waals surface area contributed by atoms with E-state index in [1.54, 1.807) is 0 Å². The van der Waals surface area contributed by atoms with Crippen molar-refractivity contribution in [3.8, 4) is 5.75 Å². The maximum Gasteiger partial charge on any atom is 0.147 e. The predicted octanol–water partition coefficient (Wildman–Crippen LogP) is 4.90. The van der Waals surface area contributed by atoms with Crippen molar-refractivity contribution in [1.29, 1.82) is 0 Å². The van der Waals surface area contributed by atoms with Crippen LogP contribution in [-0.4, -0.2) is 17.8 Å². The Morgan fingerprint density at radius 3 is 2.28 bits per heavy atom. The van der Waals surface area contributed by atoms with Gasteiger partial charge in [-0.3, -0.25) is 0 Å². The summed E-state index contributed by atoms with van der Waals surface area (Å²) in [4.78, 5) is 0. The molecule has 0 bridgehead atoms. The second-order valence-corrected chi connectivity index (χ2v) is 7.25. The molecule has 5 heteroatoms. The van der Waals surface area contributed by atoms with Gasteiger partial charge in [-0.1, -0.05) is 28.8 Å². The Morgan fingerprint density at radius 1 is 1.17 bits per heavy atom. The maximum atomic E-state index is 10.1. The number of benzene rings is 1. The van der Waals surface area contributed by atoms with E-state index in [9.17, 15) is 5.11 Å². The van der Waals surface area contributed by atoms with Crippen molar-refractivity contribution < 1.29 is 9.84 Å². The van der Waals surface area contributed by atoms with Gasteiger partial charge in [-0.05, 0) is 62.8 Å². The van der Waals surface area contributed by atoms with Crippen LogP contribution in [0.1, 0.15) is 25.7 Å². The smallest absolute Gasteiger partial charge is 0.147 e. The van der Waals surface area contributed by atoms with E-state index in [0.717, 1.165) is 32.0 Å². The summed E-state index contributed by atoms with van der Waals surface area (Å²) >= 11 is 10.3. The first-order chi connectivity index (χ1) is 8.58. The van der Waals surface area contributed by atoms with Gasteiger partial charge in [0.25, 0.3) is 0 Å². The molecule has 0 aromatic heterocycles. The molecule has 1 aliphatic rings. The molecule has 1 aromatic carbocycles. The fourth-order valence-corrected chi connectivity index (χ4v) is 4.80. The van der Waals surface area contributed by atoms with Gasteiger partial charge in [0.2, 0.25) is 0 Å². The first-order valence-corrected chi connectivity index (χ1v) is 8.41. The van der Waals surface area contributed by atoms with Crippen molar-refractivity contribution in [1.82, 2.24) is 0 Å². The van der Waals surface area contributed by atoms with Crippen LogP contribution in [0.15, 0.2) is 25.6 Å². The second-order valence-electron chi connectivity index (χ2n) is 4.62. The van der Waals surface area contributed by atoms with Crippen molar-refractivity contribution >= 4 is 47.8 Å². The lowest BCUT2D eigenvalue weighted by molar-refractivity contribution is 0.0587. The summed E-state index contributed by atoms with van der Waals surface area (Å²) in [6.07, 6.45) is 4.33. The van der Waals surface area contributed by atoms with E-state index < -0.39 is 0 Å². The molecule has 1 N–H and O–H groups in total. The Labute approximate surface area is 132 Å². The molecule has 1 fully saturated rings. The minimum Gasteiger partial charge on any atom is -0.489 e. The number of ether oxygens (including phenoxy) is 1. The molecule has 0 amide bonds. The fraction of sp³-hybridized carbons (Fsp3) is 0.538. The zero-order valence-corrected chi connectivity index (χ0v) is 14.6. The highest BCUT2D eigenvalue weighted by Crippen LogP contribution is 2.37. The average molecular weight is 443 g/mol. The summed E-state index contributed by atoms with van der Waals surface area (Å²) in [5, 5.41) is 10.1. The quantitative estimate of drug-likeness (QED) is 0.718. The van der Waals surface area contributed by atoms with Crippen LogP contribution in [0, 0.1) is 5.92 Å². The molecule has 1 saturated carbocycles. The Balaban J connectivity index is 1.97. The molecule has 0 saturated heterocycles. The summed E-state index contributed by atoms with van der Waals surface area (Å²) < 4.78 is 8.46. The number of rotatable bonds is 4. The topological polar surface area (TPSA) is 29.5 Å². The third kappa shape index (κ3) is 3.71. The molecule has 1 aliphatic carbocycles. The summed E-state index contributed by atoms with van der Waals surface area (Å²) in [5.74, 6) is 1.15. The lowest BCUT2D eigenvalue weighted by atomic mass is 10.0. The highest BCUT2D eigenvalue weighted by molar-refractivity contribution is 9.11. The van der Waals surface area contributed by atoms with Crippen molar-refractivity contribution in [2.75, 3.05) is 6.61 Å². The number of aliphatic hydroxyl groups is 1. The molecule has 100 valence electrons. The first-order valence-electron chi connectivity index (χ1n) is 6.03. The van der Waals surface area contributed by atoms with E-state index in [1.807, 2.05) is 12.1 Å². The number of hydrogen-bond acceptors (Lipinski definition) is 2. The van der Waals surface area contributed by atoms with Gasteiger partial charge in [0, 0.05) is 4.47 Å². The monoisotopic (exact) mass is 440 g/mol. The van der Waals surface area contributed by atoms with Crippen LogP contribution in [0.2, 0.25) is 0 Å². The standard InChI is InChI=1S/C13H15Br3O2/c14-9-5-10(15)13(11(16)6-9)18-7-12(17)8-3-1-2-4-8/h5-6,8,12,17H,1-4,7H2. The molecule has 2 nitrogen and oxygen atoms in total. The van der Waals surface area contributed by atoms with E-state index >= 15 is 0 Å². The normalized spacial score (nSPS) is 18.0. The highest BCUT2D eigenvalue weighted by Gasteiger charge is 2.24. The minimum absolute atomic E-state index is 0.351. The molecule has 0 aliphatic heterocycles. The van der Waals surface area contributed by atoms with E-state index in [2.05, 4.69) is 47.8 Å². The number of halogens is 3. The van der Waals surface area contributed by atoms with Crippen LogP contribution in [0.25, 0.3) is 0 Å². The van der Waals surface area contributed by atoms with E-state index in [0.29, 0.717) is 12.5 Å². The molecule has 1 unspecified atom stereocenters. The third-order valence-electron chi connectivity index (χ3n) is 3.31. The van der Waals surface area contributed by atoms with Crippen molar-refractivity contribution in [3.63, 3.8) is 0 Å². The fourth-order valence-electron chi connectivity index (χ4n) is 2.31. The summed E-state index contributed by atoms with van der Waals surface area (Å²) in [5.41, 5.74) is 0. The van der Waals surface area contributed by atoms with Crippen LogP contribution in [0.4, 0.5) is 0 Å². The maximum absolute atomic E-state index is 10.1. The van der Waals surface area contributed by atoms with Gasteiger partial charge < -0.3 is 9.84 Å². The zero-order chi connectivity index (χ0) is 13.1. The Kier molecular flexibility index (Phi) is 5.54. The molecule has 0 spiro atoms. The zero-order valence-electron chi connectivity index (χ0n) is 9.83. The summed E-state index contributed by atoms with van der Waals surface area (Å²) in [6.45, 7) is 0.351. The largest absolute Gasteiger partial charge is 0.489 e. The third-order valence-corrected chi connectivity index (χ3v) is 4.94. The second kappa shape index (κ2) is 6.73. The molecular formula is C13H15Br3O2. The van der Waals surface area contributed by atoms with E-state index in [1.165, 1.54) is 12.8 Å². The number of hydrogen-bond donors (Lipinski definition) is 1. The summed E-state index contributed by atoms with van der Waals surface area (Å²) in [6, 6.07) is 3.87. The van der Waals surface area contributed by atoms with Gasteiger partial charge in [0.05, 0.1) is 15.0 Å². The average Bonchev–Trinajstić information content (AvgIpc) is 2.80. The predicted molar refractivity (Wildman–Crippen MR) is 83.0 cm³/mol. The lowest BCUT2D eigenvalue weighted by Crippen LogP contribution is -2.25. The molecule has 18 heavy (non-hydrogen) atoms. The minimum atomic E-state index is -0.366. The Morgan fingerprint density at radius 2 is 1.72 bits per heavy atom. The van der Waals surface area contributed by atoms with Crippen LogP contribution in [0.3, 0.4) is 0 Å². The molecular weight excluding hydrogens is 428 g/mol. The summed E-state index contributed by atoms with van der Waals surface area (Å²) in [7, 11) is 0.